The summed E-state index contributed by atoms with van der Waals surface area (Å²) in [6.07, 6.45) is 2.99. The molecule has 1 saturated carbocycles. The summed E-state index contributed by atoms with van der Waals surface area (Å²) in [7, 11) is 0. The molecule has 1 aliphatic carbocycles. The first-order valence-electron chi connectivity index (χ1n) is 9.71. The Morgan fingerprint density at radius 2 is 1.96 bits per heavy atom. The average Bonchev–Trinajstić information content (AvgIpc) is 3.48. The van der Waals surface area contributed by atoms with E-state index in [2.05, 4.69) is 40.3 Å². The van der Waals surface area contributed by atoms with Crippen LogP contribution < -0.4 is 10.2 Å². The van der Waals surface area contributed by atoms with Gasteiger partial charge in [-0.3, -0.25) is 4.79 Å². The number of hydrogen-bond donors (Lipinski definition) is 1. The fourth-order valence-electron chi connectivity index (χ4n) is 4.39. The molecule has 1 aliphatic heterocycles. The van der Waals surface area contributed by atoms with Crippen molar-refractivity contribution in [3.63, 3.8) is 0 Å². The molecule has 3 atom stereocenters. The molecule has 1 fully saturated rings. The monoisotopic (exact) mass is 349 g/mol. The molecule has 2 aromatic rings. The van der Waals surface area contributed by atoms with Crippen LogP contribution in [-0.2, 0) is 4.79 Å². The fraction of sp³-hybridized carbons (Fsp3) is 0.455. The quantitative estimate of drug-likeness (QED) is 0.869. The lowest BCUT2D eigenvalue weighted by atomic mass is 9.80. The maximum Gasteiger partial charge on any atom is 0.226 e. The molecule has 1 amide bonds. The number of nitrogens with zero attached hydrogens (tertiary/aromatic N) is 2. The Bertz CT molecular complexity index is 815. The lowest BCUT2D eigenvalue weighted by Crippen LogP contribution is -2.51. The van der Waals surface area contributed by atoms with E-state index in [1.54, 1.807) is 0 Å². The Balaban J connectivity index is 1.77. The van der Waals surface area contributed by atoms with Crippen LogP contribution >= 0.6 is 0 Å². The maximum absolute atomic E-state index is 12.8. The molecule has 0 spiro atoms. The van der Waals surface area contributed by atoms with Gasteiger partial charge in [0.05, 0.1) is 6.04 Å². The van der Waals surface area contributed by atoms with Crippen molar-refractivity contribution in [2.24, 2.45) is 11.8 Å². The van der Waals surface area contributed by atoms with Gasteiger partial charge in [-0.05, 0) is 49.4 Å². The maximum atomic E-state index is 12.8. The van der Waals surface area contributed by atoms with Crippen LogP contribution in [0.1, 0.15) is 50.4 Å². The summed E-state index contributed by atoms with van der Waals surface area (Å²) in [6.45, 7) is 6.25. The third kappa shape index (κ3) is 2.98. The zero-order valence-corrected chi connectivity index (χ0v) is 15.8. The third-order valence-electron chi connectivity index (χ3n) is 5.76. The van der Waals surface area contributed by atoms with Gasteiger partial charge in [-0.25, -0.2) is 4.98 Å². The molecule has 0 radical (unpaired) electrons. The first-order valence-corrected chi connectivity index (χ1v) is 9.71. The number of carbonyl (C=O) groups excluding carboxylic acids is 1. The minimum atomic E-state index is 0.159. The number of amides is 1. The van der Waals surface area contributed by atoms with Gasteiger partial charge in [0.2, 0.25) is 5.91 Å². The molecule has 0 saturated heterocycles. The van der Waals surface area contributed by atoms with Gasteiger partial charge in [0.15, 0.2) is 0 Å². The van der Waals surface area contributed by atoms with Gasteiger partial charge in [0, 0.05) is 29.8 Å². The number of nitrogens with one attached hydrogen (secondary N) is 1. The van der Waals surface area contributed by atoms with Gasteiger partial charge in [0.1, 0.15) is 5.82 Å². The van der Waals surface area contributed by atoms with Gasteiger partial charge < -0.3 is 10.2 Å². The molecule has 1 N–H and O–H groups in total. The van der Waals surface area contributed by atoms with E-state index in [4.69, 9.17) is 0 Å². The number of hydrogen-bond acceptors (Lipinski definition) is 3. The van der Waals surface area contributed by atoms with E-state index < -0.39 is 0 Å². The first kappa shape index (κ1) is 17.1. The first-order chi connectivity index (χ1) is 12.6. The highest BCUT2D eigenvalue weighted by Crippen LogP contribution is 2.49. The summed E-state index contributed by atoms with van der Waals surface area (Å²) in [4.78, 5) is 19.6. The molecule has 4 nitrogen and oxygen atoms in total. The average molecular weight is 349 g/mol. The SMILES string of the molecule is CCC(=O)N1c2ccccc2C(Nc2cccc(C)n2)[C@@H](C)[C@@H]1C1CC1. The number of rotatable bonds is 4. The zero-order valence-electron chi connectivity index (χ0n) is 15.8. The van der Waals surface area contributed by atoms with Crippen molar-refractivity contribution in [3.05, 3.63) is 53.7 Å². The van der Waals surface area contributed by atoms with Crippen LogP contribution in [-0.4, -0.2) is 16.9 Å². The molecule has 4 rings (SSSR count). The minimum absolute atomic E-state index is 0.159. The molecule has 0 bridgehead atoms. The predicted octanol–water partition coefficient (Wildman–Crippen LogP) is 4.71. The molecular weight excluding hydrogens is 322 g/mol. The molecule has 2 heterocycles. The molecule has 2 aliphatic rings. The van der Waals surface area contributed by atoms with Crippen LogP contribution in [0.2, 0.25) is 0 Å². The van der Waals surface area contributed by atoms with Gasteiger partial charge in [-0.2, -0.15) is 0 Å². The second-order valence-electron chi connectivity index (χ2n) is 7.65. The Morgan fingerprint density at radius 3 is 2.65 bits per heavy atom. The smallest absolute Gasteiger partial charge is 0.226 e. The molecule has 26 heavy (non-hydrogen) atoms. The van der Waals surface area contributed by atoms with E-state index in [1.807, 2.05) is 38.1 Å². The predicted molar refractivity (Wildman–Crippen MR) is 105 cm³/mol. The normalized spacial score (nSPS) is 24.9. The van der Waals surface area contributed by atoms with Crippen LogP contribution in [0.3, 0.4) is 0 Å². The number of fused-ring (bicyclic) bond motifs is 1. The van der Waals surface area contributed by atoms with Crippen LogP contribution in [0.15, 0.2) is 42.5 Å². The largest absolute Gasteiger partial charge is 0.363 e. The van der Waals surface area contributed by atoms with E-state index in [0.717, 1.165) is 17.2 Å². The van der Waals surface area contributed by atoms with Gasteiger partial charge in [-0.1, -0.05) is 38.1 Å². The number of pyridine rings is 1. The van der Waals surface area contributed by atoms with Crippen molar-refractivity contribution in [3.8, 4) is 0 Å². The topological polar surface area (TPSA) is 45.2 Å². The standard InChI is InChI=1S/C22H27N3O/c1-4-20(26)25-18-10-6-5-9-17(18)21(15(3)22(25)16-12-13-16)24-19-11-7-8-14(2)23-19/h5-11,15-16,21-22H,4,12-13H2,1-3H3,(H,23,24)/t15-,21?,22-/m1/s1. The lowest BCUT2D eigenvalue weighted by molar-refractivity contribution is -0.119. The summed E-state index contributed by atoms with van der Waals surface area (Å²) < 4.78 is 0. The van der Waals surface area contributed by atoms with Crippen molar-refractivity contribution in [2.75, 3.05) is 10.2 Å². The second-order valence-corrected chi connectivity index (χ2v) is 7.65. The summed E-state index contributed by atoms with van der Waals surface area (Å²) in [5, 5.41) is 3.67. The molecule has 136 valence electrons. The van der Waals surface area contributed by atoms with Gasteiger partial charge in [0.25, 0.3) is 0 Å². The van der Waals surface area contributed by atoms with Crippen LogP contribution in [0, 0.1) is 18.8 Å². The van der Waals surface area contributed by atoms with Crippen molar-refractivity contribution in [2.45, 2.75) is 52.1 Å². The van der Waals surface area contributed by atoms with Crippen molar-refractivity contribution >= 4 is 17.4 Å². The van der Waals surface area contributed by atoms with E-state index in [9.17, 15) is 4.79 Å². The highest BCUT2D eigenvalue weighted by molar-refractivity contribution is 5.95. The van der Waals surface area contributed by atoms with Crippen molar-refractivity contribution in [1.29, 1.82) is 0 Å². The number of aromatic nitrogens is 1. The van der Waals surface area contributed by atoms with Gasteiger partial charge >= 0.3 is 0 Å². The summed E-state index contributed by atoms with van der Waals surface area (Å²) in [5.74, 6) is 2.08. The Labute approximate surface area is 155 Å². The van der Waals surface area contributed by atoms with Gasteiger partial charge in [-0.15, -0.1) is 0 Å². The van der Waals surface area contributed by atoms with Crippen molar-refractivity contribution in [1.82, 2.24) is 4.98 Å². The molecule has 1 unspecified atom stereocenters. The third-order valence-corrected chi connectivity index (χ3v) is 5.76. The van der Waals surface area contributed by atoms with E-state index in [1.165, 1.54) is 18.4 Å². The zero-order chi connectivity index (χ0) is 18.3. The minimum Gasteiger partial charge on any atom is -0.363 e. The summed E-state index contributed by atoms with van der Waals surface area (Å²) in [6, 6.07) is 14.9. The van der Waals surface area contributed by atoms with E-state index >= 15 is 0 Å². The number of aryl methyl sites for hydroxylation is 1. The second kappa shape index (κ2) is 6.75. The molecular formula is C22H27N3O. The highest BCUT2D eigenvalue weighted by atomic mass is 16.2. The highest BCUT2D eigenvalue weighted by Gasteiger charge is 2.47. The lowest BCUT2D eigenvalue weighted by Gasteiger charge is -2.46. The summed E-state index contributed by atoms with van der Waals surface area (Å²) in [5.41, 5.74) is 3.27. The van der Waals surface area contributed by atoms with E-state index in [0.29, 0.717) is 18.3 Å². The number of carbonyl (C=O) groups is 1. The fourth-order valence-corrected chi connectivity index (χ4v) is 4.39. The summed E-state index contributed by atoms with van der Waals surface area (Å²) >= 11 is 0. The molecule has 1 aromatic heterocycles. The van der Waals surface area contributed by atoms with Crippen LogP contribution in [0.4, 0.5) is 11.5 Å². The van der Waals surface area contributed by atoms with Crippen molar-refractivity contribution < 1.29 is 4.79 Å². The Kier molecular flexibility index (Phi) is 4.43. The van der Waals surface area contributed by atoms with Crippen LogP contribution in [0.25, 0.3) is 0 Å². The number of benzene rings is 1. The van der Waals surface area contributed by atoms with Crippen LogP contribution in [0.5, 0.6) is 0 Å². The molecule has 1 aromatic carbocycles. The number of para-hydroxylation sites is 1. The Morgan fingerprint density at radius 1 is 1.19 bits per heavy atom. The molecule has 4 heteroatoms. The number of anilines is 2. The van der Waals surface area contributed by atoms with E-state index in [-0.39, 0.29) is 18.0 Å². The Hall–Kier alpha value is -2.36.